The van der Waals surface area contributed by atoms with Crippen molar-refractivity contribution in [1.29, 1.82) is 0 Å². The lowest BCUT2D eigenvalue weighted by Crippen LogP contribution is -2.26. The first-order valence-corrected chi connectivity index (χ1v) is 5.11. The third-order valence-electron chi connectivity index (χ3n) is 2.68. The third kappa shape index (κ3) is 4.60. The van der Waals surface area contributed by atoms with Gasteiger partial charge >= 0.3 is 0 Å². The van der Waals surface area contributed by atoms with E-state index in [0.29, 0.717) is 6.61 Å². The fraction of sp³-hybridized carbons (Fsp3) is 1.00. The molecule has 0 amide bonds. The molecule has 2 atom stereocenters. The zero-order chi connectivity index (χ0) is 9.68. The van der Waals surface area contributed by atoms with Crippen LogP contribution in [0.4, 0.5) is 0 Å². The van der Waals surface area contributed by atoms with Crippen LogP contribution in [0.15, 0.2) is 0 Å². The zero-order valence-corrected chi connectivity index (χ0v) is 8.70. The predicted octanol–water partition coefficient (Wildman–Crippen LogP) is 0.583. The first kappa shape index (κ1) is 11.0. The molecule has 1 saturated carbocycles. The highest BCUT2D eigenvalue weighted by molar-refractivity contribution is 4.84. The van der Waals surface area contributed by atoms with Gasteiger partial charge in [-0.2, -0.15) is 0 Å². The Bertz CT molecular complexity index is 141. The highest BCUT2D eigenvalue weighted by Gasteiger charge is 2.32. The van der Waals surface area contributed by atoms with Crippen molar-refractivity contribution in [3.63, 3.8) is 0 Å². The first-order valence-electron chi connectivity index (χ1n) is 5.11. The van der Waals surface area contributed by atoms with E-state index in [2.05, 4.69) is 18.9 Å². The van der Waals surface area contributed by atoms with Crippen LogP contribution in [0.3, 0.4) is 0 Å². The summed E-state index contributed by atoms with van der Waals surface area (Å²) in [6, 6.07) is 0. The van der Waals surface area contributed by atoms with Gasteiger partial charge in [0.15, 0.2) is 0 Å². The molecule has 0 aromatic rings. The minimum atomic E-state index is 0.128. The van der Waals surface area contributed by atoms with Gasteiger partial charge in [-0.25, -0.2) is 0 Å². The molecule has 0 aliphatic heterocycles. The van der Waals surface area contributed by atoms with E-state index in [1.807, 2.05) is 0 Å². The van der Waals surface area contributed by atoms with Gasteiger partial charge < -0.3 is 14.7 Å². The van der Waals surface area contributed by atoms with E-state index < -0.39 is 0 Å². The number of nitrogens with zero attached hydrogens (tertiary/aromatic N) is 1. The Hall–Kier alpha value is -0.120. The summed E-state index contributed by atoms with van der Waals surface area (Å²) in [5.41, 5.74) is 0. The number of hydrogen-bond acceptors (Lipinski definition) is 3. The molecule has 0 saturated heterocycles. The van der Waals surface area contributed by atoms with Crippen LogP contribution in [0.5, 0.6) is 0 Å². The fourth-order valence-electron chi connectivity index (χ4n) is 1.53. The van der Waals surface area contributed by atoms with Gasteiger partial charge in [-0.05, 0) is 25.3 Å². The van der Waals surface area contributed by atoms with Gasteiger partial charge in [0, 0.05) is 13.1 Å². The normalized spacial score (nSPS) is 26.8. The van der Waals surface area contributed by atoms with E-state index in [0.717, 1.165) is 25.0 Å². The molecule has 1 fully saturated rings. The van der Waals surface area contributed by atoms with Crippen LogP contribution in [0.25, 0.3) is 0 Å². The summed E-state index contributed by atoms with van der Waals surface area (Å²) in [6.45, 7) is 5.81. The summed E-state index contributed by atoms with van der Waals surface area (Å²) >= 11 is 0. The molecule has 1 N–H and O–H groups in total. The lowest BCUT2D eigenvalue weighted by atomic mass is 10.3. The maximum Gasteiger partial charge on any atom is 0.0698 e. The van der Waals surface area contributed by atoms with Gasteiger partial charge in [-0.15, -0.1) is 0 Å². The molecule has 0 radical (unpaired) electrons. The molecule has 13 heavy (non-hydrogen) atoms. The molecule has 1 aliphatic carbocycles. The number of aliphatic hydroxyl groups excluding tert-OH is 1. The summed E-state index contributed by atoms with van der Waals surface area (Å²) in [4.78, 5) is 2.31. The van der Waals surface area contributed by atoms with Crippen LogP contribution in [0.1, 0.15) is 13.3 Å². The van der Waals surface area contributed by atoms with Gasteiger partial charge in [0.1, 0.15) is 0 Å². The largest absolute Gasteiger partial charge is 0.394 e. The summed E-state index contributed by atoms with van der Waals surface area (Å²) in [5.74, 6) is 1.85. The molecule has 2 unspecified atom stereocenters. The molecular weight excluding hydrogens is 166 g/mol. The van der Waals surface area contributed by atoms with Gasteiger partial charge in [0.2, 0.25) is 0 Å². The fourth-order valence-corrected chi connectivity index (χ4v) is 1.53. The molecular formula is C10H21NO2. The third-order valence-corrected chi connectivity index (χ3v) is 2.68. The first-order chi connectivity index (χ1) is 6.24. The standard InChI is InChI=1S/C10H21NO2/c1-9-7-10(9)8-11(2)3-5-13-6-4-12/h9-10,12H,3-8H2,1-2H3. The van der Waals surface area contributed by atoms with Crippen molar-refractivity contribution in [2.75, 3.05) is 40.0 Å². The zero-order valence-electron chi connectivity index (χ0n) is 8.70. The van der Waals surface area contributed by atoms with Crippen LogP contribution in [0.2, 0.25) is 0 Å². The Morgan fingerprint density at radius 1 is 1.46 bits per heavy atom. The number of hydrogen-bond donors (Lipinski definition) is 1. The minimum absolute atomic E-state index is 0.128. The SMILES string of the molecule is CC1CC1CN(C)CCOCCO. The molecule has 0 aromatic carbocycles. The van der Waals surface area contributed by atoms with Gasteiger partial charge in [-0.3, -0.25) is 0 Å². The average Bonchev–Trinajstić information content (AvgIpc) is 2.76. The second-order valence-electron chi connectivity index (χ2n) is 4.07. The highest BCUT2D eigenvalue weighted by Crippen LogP contribution is 2.37. The lowest BCUT2D eigenvalue weighted by molar-refractivity contribution is 0.0775. The predicted molar refractivity (Wildman–Crippen MR) is 52.7 cm³/mol. The van der Waals surface area contributed by atoms with Crippen molar-refractivity contribution in [3.05, 3.63) is 0 Å². The van der Waals surface area contributed by atoms with E-state index in [4.69, 9.17) is 9.84 Å². The maximum absolute atomic E-state index is 8.48. The molecule has 78 valence electrons. The number of ether oxygens (including phenoxy) is 1. The van der Waals surface area contributed by atoms with Crippen molar-refractivity contribution >= 4 is 0 Å². The minimum Gasteiger partial charge on any atom is -0.394 e. The van der Waals surface area contributed by atoms with Crippen LogP contribution in [-0.2, 0) is 4.74 Å². The van der Waals surface area contributed by atoms with Gasteiger partial charge in [0.25, 0.3) is 0 Å². The van der Waals surface area contributed by atoms with Gasteiger partial charge in [-0.1, -0.05) is 6.92 Å². The Balaban J connectivity index is 1.89. The second-order valence-corrected chi connectivity index (χ2v) is 4.07. The van der Waals surface area contributed by atoms with Crippen LogP contribution in [0, 0.1) is 11.8 Å². The Morgan fingerprint density at radius 3 is 2.69 bits per heavy atom. The van der Waals surface area contributed by atoms with Gasteiger partial charge in [0.05, 0.1) is 19.8 Å². The van der Waals surface area contributed by atoms with Crippen molar-refractivity contribution in [2.45, 2.75) is 13.3 Å². The Kier molecular flexibility index (Phi) is 4.70. The van der Waals surface area contributed by atoms with Crippen LogP contribution < -0.4 is 0 Å². The van der Waals surface area contributed by atoms with E-state index in [1.165, 1.54) is 13.0 Å². The summed E-state index contributed by atoms with van der Waals surface area (Å²) in [6.07, 6.45) is 1.39. The summed E-state index contributed by atoms with van der Waals surface area (Å²) in [5, 5.41) is 8.48. The quantitative estimate of drug-likeness (QED) is 0.592. The van der Waals surface area contributed by atoms with Crippen molar-refractivity contribution in [2.24, 2.45) is 11.8 Å². The topological polar surface area (TPSA) is 32.7 Å². The maximum atomic E-state index is 8.48. The average molecular weight is 187 g/mol. The molecule has 0 bridgehead atoms. The highest BCUT2D eigenvalue weighted by atomic mass is 16.5. The van der Waals surface area contributed by atoms with Crippen molar-refractivity contribution in [1.82, 2.24) is 4.90 Å². The van der Waals surface area contributed by atoms with Crippen molar-refractivity contribution in [3.8, 4) is 0 Å². The Morgan fingerprint density at radius 2 is 2.15 bits per heavy atom. The molecule has 0 heterocycles. The number of rotatable bonds is 7. The smallest absolute Gasteiger partial charge is 0.0698 e. The summed E-state index contributed by atoms with van der Waals surface area (Å²) in [7, 11) is 2.13. The van der Waals surface area contributed by atoms with E-state index in [1.54, 1.807) is 0 Å². The van der Waals surface area contributed by atoms with Crippen molar-refractivity contribution < 1.29 is 9.84 Å². The number of aliphatic hydroxyl groups is 1. The van der Waals surface area contributed by atoms with E-state index in [9.17, 15) is 0 Å². The molecule has 0 aromatic heterocycles. The molecule has 3 nitrogen and oxygen atoms in total. The second kappa shape index (κ2) is 5.58. The Labute approximate surface area is 80.7 Å². The summed E-state index contributed by atoms with van der Waals surface area (Å²) < 4.78 is 5.19. The van der Waals surface area contributed by atoms with Crippen LogP contribution in [-0.4, -0.2) is 50.0 Å². The molecule has 3 heteroatoms. The van der Waals surface area contributed by atoms with E-state index in [-0.39, 0.29) is 6.61 Å². The molecule has 1 rings (SSSR count). The van der Waals surface area contributed by atoms with E-state index >= 15 is 0 Å². The molecule has 0 spiro atoms. The monoisotopic (exact) mass is 187 g/mol. The molecule has 1 aliphatic rings. The lowest BCUT2D eigenvalue weighted by Gasteiger charge is -2.15. The number of likely N-dealkylation sites (N-methyl/N-ethyl adjacent to an activating group) is 1. The van der Waals surface area contributed by atoms with Crippen LogP contribution >= 0.6 is 0 Å².